The summed E-state index contributed by atoms with van der Waals surface area (Å²) in [5, 5.41) is 3.44. The van der Waals surface area contributed by atoms with Gasteiger partial charge in [0, 0.05) is 32.1 Å². The number of carbonyl (C=O) groups is 5. The summed E-state index contributed by atoms with van der Waals surface area (Å²) in [6.07, 6.45) is 4.02. The third-order valence-corrected chi connectivity index (χ3v) is 4.49. The van der Waals surface area contributed by atoms with Crippen LogP contribution in [0.15, 0.2) is 0 Å². The van der Waals surface area contributed by atoms with E-state index in [1.54, 1.807) is 0 Å². The Morgan fingerprint density at radius 1 is 0.818 bits per heavy atom. The molecule has 0 bridgehead atoms. The van der Waals surface area contributed by atoms with Crippen molar-refractivity contribution in [2.75, 3.05) is 7.05 Å². The molecule has 2 saturated carbocycles. The van der Waals surface area contributed by atoms with Gasteiger partial charge in [0.2, 0.25) is 27.5 Å². The quantitative estimate of drug-likeness (QED) is 0.311. The maximum absolute atomic E-state index is 11.2. The summed E-state index contributed by atoms with van der Waals surface area (Å²) in [7, 11) is 1.53. The van der Waals surface area contributed by atoms with Gasteiger partial charge in [-0.15, -0.1) is 0 Å². The van der Waals surface area contributed by atoms with Gasteiger partial charge in [0.25, 0.3) is 0 Å². The number of hydrogen-bond donors (Lipinski definition) is 4. The smallest absolute Gasteiger partial charge is 0.230 e. The summed E-state index contributed by atoms with van der Waals surface area (Å²) >= 11 is 14.1. The Balaban J connectivity index is -0.000000180. The second kappa shape index (κ2) is 23.9. The first-order valence-electron chi connectivity index (χ1n) is 10.3. The van der Waals surface area contributed by atoms with Crippen LogP contribution in [0.2, 0.25) is 0 Å². The summed E-state index contributed by atoms with van der Waals surface area (Å²) < 4.78 is 0. The number of hydrogen-bond acceptors (Lipinski definition) is 7. The van der Waals surface area contributed by atoms with Crippen molar-refractivity contribution in [3.63, 3.8) is 0 Å². The first-order chi connectivity index (χ1) is 14.8. The average Bonchev–Trinajstić information content (AvgIpc) is 2.70. The van der Waals surface area contributed by atoms with Crippen LogP contribution >= 0.6 is 34.8 Å². The highest BCUT2D eigenvalue weighted by molar-refractivity contribution is 6.72. The molecule has 0 radical (unpaired) electrons. The van der Waals surface area contributed by atoms with E-state index in [1.165, 1.54) is 20.4 Å². The average molecular weight is 536 g/mol. The molecule has 0 aromatic heterocycles. The van der Waals surface area contributed by atoms with Crippen LogP contribution in [-0.4, -0.2) is 52.7 Å². The van der Waals surface area contributed by atoms with E-state index in [1.807, 2.05) is 13.8 Å². The number of halogens is 3. The van der Waals surface area contributed by atoms with Crippen molar-refractivity contribution in [1.29, 1.82) is 0 Å². The zero-order valence-electron chi connectivity index (χ0n) is 19.4. The summed E-state index contributed by atoms with van der Waals surface area (Å²) in [6, 6.07) is 0.909. The van der Waals surface area contributed by atoms with Crippen LogP contribution in [0.3, 0.4) is 0 Å². The molecular formula is C21H41Cl3N4O5. The number of carbonyl (C=O) groups excluding carboxylic acids is 5. The lowest BCUT2D eigenvalue weighted by Crippen LogP contribution is -2.49. The third kappa shape index (κ3) is 26.9. The molecule has 9 nitrogen and oxygen atoms in total. The molecule has 4 atom stereocenters. The fraction of sp³-hybridized carbons (Fsp3) is 0.762. The Labute approximate surface area is 213 Å². The maximum atomic E-state index is 11.2. The van der Waals surface area contributed by atoms with Crippen molar-refractivity contribution in [3.05, 3.63) is 0 Å². The summed E-state index contributed by atoms with van der Waals surface area (Å²) in [4.78, 5) is 50.6. The lowest BCUT2D eigenvalue weighted by atomic mass is 9.81. The van der Waals surface area contributed by atoms with Crippen LogP contribution in [-0.2, 0) is 24.0 Å². The van der Waals surface area contributed by atoms with Crippen LogP contribution in [0.25, 0.3) is 0 Å². The zero-order chi connectivity index (χ0) is 25.9. The van der Waals surface area contributed by atoms with Crippen molar-refractivity contribution in [3.8, 4) is 0 Å². The van der Waals surface area contributed by atoms with Gasteiger partial charge in [0.1, 0.15) is 6.42 Å². The van der Waals surface area contributed by atoms with Crippen LogP contribution in [0, 0.1) is 5.92 Å². The fourth-order valence-corrected chi connectivity index (χ4v) is 2.35. The number of amides is 2. The van der Waals surface area contributed by atoms with E-state index in [0.29, 0.717) is 18.0 Å². The van der Waals surface area contributed by atoms with Crippen LogP contribution in [0.1, 0.15) is 73.6 Å². The molecule has 0 heterocycles. The highest BCUT2D eigenvalue weighted by Crippen LogP contribution is 2.26. The molecule has 0 aromatic carbocycles. The molecule has 2 rings (SSSR count). The van der Waals surface area contributed by atoms with Crippen LogP contribution < -0.4 is 22.1 Å². The zero-order valence-corrected chi connectivity index (χ0v) is 21.6. The molecule has 2 aliphatic rings. The Bertz CT molecular complexity index is 570. The van der Waals surface area contributed by atoms with Gasteiger partial charge in [0.05, 0.1) is 6.42 Å². The highest BCUT2D eigenvalue weighted by Gasteiger charge is 2.28. The SMILES string of the molecule is C.CC.CC(=O)Cl.CNC(=O)CC(=O)NC1CCC1C.NC1CCC1N.O=C(Cl)CC(=O)Cl. The van der Waals surface area contributed by atoms with E-state index < -0.39 is 10.5 Å². The van der Waals surface area contributed by atoms with Gasteiger partial charge in [-0.05, 0) is 66.4 Å². The van der Waals surface area contributed by atoms with Crippen molar-refractivity contribution in [2.24, 2.45) is 17.4 Å². The summed E-state index contributed by atoms with van der Waals surface area (Å²) in [5.41, 5.74) is 10.8. The number of nitrogens with one attached hydrogen (secondary N) is 2. The maximum Gasteiger partial charge on any atom is 0.230 e. The second-order valence-electron chi connectivity index (χ2n) is 6.84. The van der Waals surface area contributed by atoms with Gasteiger partial charge in [-0.25, -0.2) is 0 Å². The minimum Gasteiger partial charge on any atom is -0.359 e. The van der Waals surface area contributed by atoms with Gasteiger partial charge in [-0.2, -0.15) is 0 Å². The standard InChI is InChI=1S/C9H16N2O2.C4H10N2.C3H2Cl2O2.C2H3ClO.C2H6.CH4/c1-6-3-4-7(6)11-9(13)5-8(12)10-2;5-3-1-2-4(3)6;4-2(6)1-3(5)7;1-2(3)4;1-2;/h6-7H,3-5H2,1-2H3,(H,10,12)(H,11,13);3-4H,1-2,5-6H2;1H2;1H3;1-2H3;1H4. The summed E-state index contributed by atoms with van der Waals surface area (Å²) in [6.45, 7) is 7.40. The first-order valence-corrected chi connectivity index (χ1v) is 11.5. The number of nitrogens with two attached hydrogens (primary N) is 2. The molecule has 6 N–H and O–H groups in total. The molecule has 2 fully saturated rings. The minimum absolute atomic E-state index is 0. The van der Waals surface area contributed by atoms with E-state index in [9.17, 15) is 24.0 Å². The van der Waals surface area contributed by atoms with Crippen molar-refractivity contribution in [2.45, 2.75) is 91.8 Å². The number of rotatable bonds is 5. The van der Waals surface area contributed by atoms with Gasteiger partial charge < -0.3 is 22.1 Å². The van der Waals surface area contributed by atoms with Crippen molar-refractivity contribution in [1.82, 2.24) is 10.6 Å². The van der Waals surface area contributed by atoms with E-state index in [2.05, 4.69) is 29.2 Å². The van der Waals surface area contributed by atoms with Crippen molar-refractivity contribution >= 4 is 62.3 Å². The molecule has 196 valence electrons. The van der Waals surface area contributed by atoms with Gasteiger partial charge in [-0.1, -0.05) is 28.2 Å². The molecule has 2 amide bonds. The normalized spacial score (nSPS) is 21.2. The largest absolute Gasteiger partial charge is 0.359 e. The molecule has 4 unspecified atom stereocenters. The molecule has 0 aromatic rings. The topological polar surface area (TPSA) is 161 Å². The van der Waals surface area contributed by atoms with Gasteiger partial charge >= 0.3 is 0 Å². The first kappa shape index (κ1) is 39.0. The molecule has 0 saturated heterocycles. The monoisotopic (exact) mass is 534 g/mol. The molecule has 0 aliphatic heterocycles. The van der Waals surface area contributed by atoms with E-state index in [4.69, 9.17) is 34.7 Å². The molecule has 12 heteroatoms. The van der Waals surface area contributed by atoms with Crippen LogP contribution in [0.5, 0.6) is 0 Å². The Morgan fingerprint density at radius 3 is 1.36 bits per heavy atom. The predicted molar refractivity (Wildman–Crippen MR) is 135 cm³/mol. The summed E-state index contributed by atoms with van der Waals surface area (Å²) in [5.74, 6) is 0.161. The fourth-order valence-electron chi connectivity index (χ4n) is 2.03. The highest BCUT2D eigenvalue weighted by atomic mass is 35.5. The third-order valence-electron chi connectivity index (χ3n) is 4.23. The van der Waals surface area contributed by atoms with E-state index >= 15 is 0 Å². The lowest BCUT2D eigenvalue weighted by Gasteiger charge is -2.34. The van der Waals surface area contributed by atoms with Gasteiger partial charge in [-0.3, -0.25) is 24.0 Å². The predicted octanol–water partition coefficient (Wildman–Crippen LogP) is 2.81. The van der Waals surface area contributed by atoms with Crippen LogP contribution in [0.4, 0.5) is 0 Å². The second-order valence-corrected chi connectivity index (χ2v) is 8.22. The Kier molecular flexibility index (Phi) is 28.2. The Morgan fingerprint density at radius 2 is 1.21 bits per heavy atom. The lowest BCUT2D eigenvalue weighted by molar-refractivity contribution is -0.130. The van der Waals surface area contributed by atoms with E-state index in [0.717, 1.165) is 19.3 Å². The minimum atomic E-state index is -0.722. The van der Waals surface area contributed by atoms with E-state index in [-0.39, 0.29) is 43.4 Å². The molecule has 2 aliphatic carbocycles. The van der Waals surface area contributed by atoms with Crippen molar-refractivity contribution < 1.29 is 24.0 Å². The Hall–Kier alpha value is -1.26. The molecular weight excluding hydrogens is 495 g/mol. The van der Waals surface area contributed by atoms with Gasteiger partial charge in [0.15, 0.2) is 0 Å². The molecule has 0 spiro atoms. The molecule has 33 heavy (non-hydrogen) atoms.